The van der Waals surface area contributed by atoms with Crippen molar-refractivity contribution in [2.45, 2.75) is 51.7 Å². The first-order chi connectivity index (χ1) is 16.4. The first-order valence-electron chi connectivity index (χ1n) is 11.4. The van der Waals surface area contributed by atoms with E-state index in [0.29, 0.717) is 10.1 Å². The summed E-state index contributed by atoms with van der Waals surface area (Å²) < 4.78 is 0. The van der Waals surface area contributed by atoms with Crippen LogP contribution in [0.5, 0.6) is 0 Å². The van der Waals surface area contributed by atoms with Crippen molar-refractivity contribution in [1.82, 2.24) is 14.9 Å². The first kappa shape index (κ1) is 23.7. The molecule has 0 aliphatic carbocycles. The summed E-state index contributed by atoms with van der Waals surface area (Å²) in [7, 11) is 0. The van der Waals surface area contributed by atoms with Crippen LogP contribution in [0.1, 0.15) is 42.3 Å². The number of hydrogen-bond acceptors (Lipinski definition) is 6. The Hall–Kier alpha value is -3.45. The lowest BCUT2D eigenvalue weighted by Crippen LogP contribution is -2.31. The fourth-order valence-electron chi connectivity index (χ4n) is 3.78. The van der Waals surface area contributed by atoms with Gasteiger partial charge in [0.1, 0.15) is 10.6 Å². The summed E-state index contributed by atoms with van der Waals surface area (Å²) >= 11 is 1.13. The van der Waals surface area contributed by atoms with Gasteiger partial charge in [-0.1, -0.05) is 55.8 Å². The van der Waals surface area contributed by atoms with E-state index in [9.17, 15) is 9.59 Å². The zero-order valence-corrected chi connectivity index (χ0v) is 20.5. The van der Waals surface area contributed by atoms with E-state index < -0.39 is 0 Å². The van der Waals surface area contributed by atoms with Crippen molar-refractivity contribution < 1.29 is 9.59 Å². The third-order valence-corrected chi connectivity index (χ3v) is 6.45. The standard InChI is InChI=1S/C27H28N4O2S/c1-4-5-9-20-12-14-22(15-13-20)30-23-24(34-27-28-18(2)16-19(3)29-27)26(33)31(25(23)32)17-21-10-7-6-8-11-21/h6-8,10-16,30H,4-5,9,17H2,1-3H3. The van der Waals surface area contributed by atoms with Crippen molar-refractivity contribution >= 4 is 29.3 Å². The third kappa shape index (κ3) is 5.54. The van der Waals surface area contributed by atoms with Crippen LogP contribution in [-0.4, -0.2) is 26.7 Å². The summed E-state index contributed by atoms with van der Waals surface area (Å²) in [4.78, 5) is 37.3. The minimum absolute atomic E-state index is 0.206. The normalized spacial score (nSPS) is 13.7. The minimum atomic E-state index is -0.351. The number of carbonyl (C=O) groups excluding carboxylic acids is 2. The lowest BCUT2D eigenvalue weighted by Gasteiger charge is -2.15. The largest absolute Gasteiger partial charge is 0.350 e. The molecule has 34 heavy (non-hydrogen) atoms. The van der Waals surface area contributed by atoms with Crippen LogP contribution < -0.4 is 5.32 Å². The second kappa shape index (κ2) is 10.7. The number of benzene rings is 2. The SMILES string of the molecule is CCCCc1ccc(NC2=C(Sc3nc(C)cc(C)n3)C(=O)N(Cc3ccccc3)C2=O)cc1. The Morgan fingerprint density at radius 2 is 1.56 bits per heavy atom. The van der Waals surface area contributed by atoms with E-state index in [2.05, 4.69) is 34.3 Å². The van der Waals surface area contributed by atoms with Crippen LogP contribution >= 0.6 is 11.8 Å². The van der Waals surface area contributed by atoms with Gasteiger partial charge in [-0.05, 0) is 67.8 Å². The number of aryl methyl sites for hydroxylation is 3. The quantitative estimate of drug-likeness (QED) is 0.331. The van der Waals surface area contributed by atoms with Crippen molar-refractivity contribution in [2.24, 2.45) is 0 Å². The molecule has 2 aromatic carbocycles. The van der Waals surface area contributed by atoms with E-state index in [1.807, 2.05) is 62.4 Å². The molecule has 0 saturated carbocycles. The first-order valence-corrected chi connectivity index (χ1v) is 12.3. The van der Waals surface area contributed by atoms with Gasteiger partial charge in [0, 0.05) is 17.1 Å². The number of rotatable bonds is 9. The predicted molar refractivity (Wildman–Crippen MR) is 135 cm³/mol. The summed E-state index contributed by atoms with van der Waals surface area (Å²) in [5.74, 6) is -0.695. The highest BCUT2D eigenvalue weighted by atomic mass is 32.2. The van der Waals surface area contributed by atoms with Crippen LogP contribution in [0.2, 0.25) is 0 Å². The van der Waals surface area contributed by atoms with E-state index in [4.69, 9.17) is 0 Å². The molecule has 7 heteroatoms. The van der Waals surface area contributed by atoms with E-state index >= 15 is 0 Å². The van der Waals surface area contributed by atoms with Crippen LogP contribution in [0.15, 0.2) is 76.4 Å². The molecule has 3 aromatic rings. The van der Waals surface area contributed by atoms with Gasteiger partial charge in [-0.25, -0.2) is 9.97 Å². The number of aromatic nitrogens is 2. The molecule has 1 aliphatic heterocycles. The van der Waals surface area contributed by atoms with Crippen molar-refractivity contribution in [2.75, 3.05) is 5.32 Å². The molecule has 0 unspecified atom stereocenters. The molecule has 0 saturated heterocycles. The highest BCUT2D eigenvalue weighted by Crippen LogP contribution is 2.35. The Bertz CT molecular complexity index is 1200. The molecule has 0 bridgehead atoms. The summed E-state index contributed by atoms with van der Waals surface area (Å²) in [5, 5.41) is 3.66. The van der Waals surface area contributed by atoms with Crippen LogP contribution in [0, 0.1) is 13.8 Å². The molecular formula is C27H28N4O2S. The summed E-state index contributed by atoms with van der Waals surface area (Å²) in [6.07, 6.45) is 3.30. The molecule has 1 aromatic heterocycles. The lowest BCUT2D eigenvalue weighted by atomic mass is 10.1. The number of imide groups is 1. The van der Waals surface area contributed by atoms with Crippen molar-refractivity contribution in [1.29, 1.82) is 0 Å². The van der Waals surface area contributed by atoms with Crippen LogP contribution in [-0.2, 0) is 22.6 Å². The molecule has 4 rings (SSSR count). The Morgan fingerprint density at radius 3 is 2.21 bits per heavy atom. The van der Waals surface area contributed by atoms with Gasteiger partial charge in [0.2, 0.25) is 0 Å². The van der Waals surface area contributed by atoms with E-state index in [0.717, 1.165) is 53.7 Å². The number of thioether (sulfide) groups is 1. The Balaban J connectivity index is 1.64. The van der Waals surface area contributed by atoms with Gasteiger partial charge >= 0.3 is 0 Å². The predicted octanol–water partition coefficient (Wildman–Crippen LogP) is 5.42. The van der Waals surface area contributed by atoms with Gasteiger partial charge in [-0.15, -0.1) is 0 Å². The summed E-state index contributed by atoms with van der Waals surface area (Å²) in [6.45, 7) is 6.15. The maximum Gasteiger partial charge on any atom is 0.278 e. The molecule has 2 amide bonds. The second-order valence-corrected chi connectivity index (χ2v) is 9.32. The maximum absolute atomic E-state index is 13.4. The van der Waals surface area contributed by atoms with Crippen LogP contribution in [0.3, 0.4) is 0 Å². The highest BCUT2D eigenvalue weighted by Gasteiger charge is 2.39. The minimum Gasteiger partial charge on any atom is -0.350 e. The van der Waals surface area contributed by atoms with Gasteiger partial charge in [-0.2, -0.15) is 0 Å². The average Bonchev–Trinajstić information content (AvgIpc) is 3.03. The zero-order chi connectivity index (χ0) is 24.1. The van der Waals surface area contributed by atoms with Gasteiger partial charge < -0.3 is 5.32 Å². The molecule has 174 valence electrons. The Morgan fingerprint density at radius 1 is 0.882 bits per heavy atom. The van der Waals surface area contributed by atoms with Gasteiger partial charge in [-0.3, -0.25) is 14.5 Å². The number of amides is 2. The third-order valence-electron chi connectivity index (χ3n) is 5.51. The van der Waals surface area contributed by atoms with E-state index in [1.165, 1.54) is 10.5 Å². The molecule has 2 heterocycles. The molecular weight excluding hydrogens is 444 g/mol. The van der Waals surface area contributed by atoms with Gasteiger partial charge in [0.05, 0.1) is 6.54 Å². The Kier molecular flexibility index (Phi) is 7.43. The topological polar surface area (TPSA) is 75.2 Å². The molecule has 0 atom stereocenters. The fourth-order valence-corrected chi connectivity index (χ4v) is 4.78. The molecule has 0 radical (unpaired) electrons. The van der Waals surface area contributed by atoms with E-state index in [-0.39, 0.29) is 24.1 Å². The van der Waals surface area contributed by atoms with Crippen LogP contribution in [0.25, 0.3) is 0 Å². The van der Waals surface area contributed by atoms with Crippen LogP contribution in [0.4, 0.5) is 5.69 Å². The monoisotopic (exact) mass is 472 g/mol. The van der Waals surface area contributed by atoms with Crippen molar-refractivity contribution in [3.8, 4) is 0 Å². The average molecular weight is 473 g/mol. The Labute approximate surface area is 204 Å². The van der Waals surface area contributed by atoms with Crippen molar-refractivity contribution in [3.63, 3.8) is 0 Å². The molecule has 1 aliphatic rings. The molecule has 0 fully saturated rings. The number of anilines is 1. The number of carbonyl (C=O) groups is 2. The van der Waals surface area contributed by atoms with E-state index in [1.54, 1.807) is 0 Å². The number of nitrogens with zero attached hydrogens (tertiary/aromatic N) is 3. The molecule has 1 N–H and O–H groups in total. The summed E-state index contributed by atoms with van der Waals surface area (Å²) in [5.41, 5.74) is 4.78. The second-order valence-electron chi connectivity index (χ2n) is 8.35. The molecule has 6 nitrogen and oxygen atoms in total. The lowest BCUT2D eigenvalue weighted by molar-refractivity contribution is -0.137. The zero-order valence-electron chi connectivity index (χ0n) is 19.7. The fraction of sp³-hybridized carbons (Fsp3) is 0.259. The van der Waals surface area contributed by atoms with Crippen molar-refractivity contribution in [3.05, 3.63) is 93.8 Å². The number of hydrogen-bond donors (Lipinski definition) is 1. The number of nitrogens with one attached hydrogen (secondary N) is 1. The smallest absolute Gasteiger partial charge is 0.278 e. The molecule has 0 spiro atoms. The summed E-state index contributed by atoms with van der Waals surface area (Å²) in [6, 6.07) is 19.4. The van der Waals surface area contributed by atoms with Gasteiger partial charge in [0.15, 0.2) is 5.16 Å². The van der Waals surface area contributed by atoms with Gasteiger partial charge in [0.25, 0.3) is 11.8 Å². The number of unbranched alkanes of at least 4 members (excludes halogenated alkanes) is 1. The maximum atomic E-state index is 13.4. The highest BCUT2D eigenvalue weighted by molar-refractivity contribution is 8.04.